The molecule has 0 amide bonds. The van der Waals surface area contributed by atoms with Crippen LogP contribution in [-0.4, -0.2) is 28.0 Å². The van der Waals surface area contributed by atoms with E-state index in [0.29, 0.717) is 31.4 Å². The first kappa shape index (κ1) is 22.7. The van der Waals surface area contributed by atoms with E-state index in [9.17, 15) is 9.18 Å². The number of esters is 1. The number of benzene rings is 1. The zero-order valence-corrected chi connectivity index (χ0v) is 20.2. The highest BCUT2D eigenvalue weighted by molar-refractivity contribution is 9.10. The minimum Gasteiger partial charge on any atom is -0.465 e. The normalized spacial score (nSPS) is 10.7. The molecule has 2 N–H and O–H groups in total. The van der Waals surface area contributed by atoms with Gasteiger partial charge in [-0.1, -0.05) is 17.7 Å². The molecular weight excluding hydrogens is 515 g/mol. The van der Waals surface area contributed by atoms with Crippen LogP contribution in [-0.2, 0) is 11.3 Å². The SMILES string of the molecule is COC(=O)c1c(NC(=S)Nc2nn(Cc3c(F)cccc3Cl)cc2Br)sc(C)c1C. The Balaban J connectivity index is 1.76. The summed E-state index contributed by atoms with van der Waals surface area (Å²) in [6.45, 7) is 3.92. The van der Waals surface area contributed by atoms with Gasteiger partial charge in [-0.3, -0.25) is 4.68 Å². The summed E-state index contributed by atoms with van der Waals surface area (Å²) in [6, 6.07) is 4.52. The van der Waals surface area contributed by atoms with Gasteiger partial charge in [0.25, 0.3) is 0 Å². The summed E-state index contributed by atoms with van der Waals surface area (Å²) < 4.78 is 21.1. The average molecular weight is 532 g/mol. The number of anilines is 2. The summed E-state index contributed by atoms with van der Waals surface area (Å²) in [5.74, 6) is -0.404. The average Bonchev–Trinajstić information content (AvgIpc) is 3.16. The molecule has 0 aliphatic heterocycles. The summed E-state index contributed by atoms with van der Waals surface area (Å²) in [6.07, 6.45) is 1.69. The second-order valence-electron chi connectivity index (χ2n) is 6.28. The molecule has 0 aliphatic rings. The van der Waals surface area contributed by atoms with Gasteiger partial charge in [0.1, 0.15) is 10.8 Å². The van der Waals surface area contributed by atoms with Crippen molar-refractivity contribution in [1.29, 1.82) is 0 Å². The van der Waals surface area contributed by atoms with Crippen LogP contribution in [0.25, 0.3) is 0 Å². The number of hydrogen-bond acceptors (Lipinski definition) is 5. The number of thiophene rings is 1. The van der Waals surface area contributed by atoms with Crippen molar-refractivity contribution < 1.29 is 13.9 Å². The number of hydrogen-bond donors (Lipinski definition) is 2. The highest BCUT2D eigenvalue weighted by Gasteiger charge is 2.21. The standard InChI is InChI=1S/C19H17BrClFN4O2S2/c1-9-10(2)30-17(15(9)18(27)28-3)24-19(29)23-16-12(20)8-26(25-16)7-11-13(21)5-4-6-14(11)22/h4-6,8H,7H2,1-3H3,(H2,23,24,25,29). The van der Waals surface area contributed by atoms with E-state index in [1.54, 1.807) is 23.0 Å². The monoisotopic (exact) mass is 530 g/mol. The van der Waals surface area contributed by atoms with Crippen LogP contribution in [0.5, 0.6) is 0 Å². The number of thiocarbonyl (C=S) groups is 1. The Morgan fingerprint density at radius 1 is 1.40 bits per heavy atom. The van der Waals surface area contributed by atoms with E-state index in [-0.39, 0.29) is 11.7 Å². The Hall–Kier alpha value is -2.01. The number of aromatic nitrogens is 2. The summed E-state index contributed by atoms with van der Waals surface area (Å²) in [7, 11) is 1.33. The molecular formula is C19H17BrClFN4O2S2. The van der Waals surface area contributed by atoms with Gasteiger partial charge >= 0.3 is 5.97 Å². The first-order valence-electron chi connectivity index (χ1n) is 8.63. The molecule has 11 heteroatoms. The van der Waals surface area contributed by atoms with Crippen LogP contribution in [0, 0.1) is 19.7 Å². The zero-order valence-electron chi connectivity index (χ0n) is 16.2. The van der Waals surface area contributed by atoms with Crippen molar-refractivity contribution in [3.63, 3.8) is 0 Å². The maximum absolute atomic E-state index is 14.0. The largest absolute Gasteiger partial charge is 0.465 e. The van der Waals surface area contributed by atoms with Crippen molar-refractivity contribution in [1.82, 2.24) is 9.78 Å². The number of nitrogens with one attached hydrogen (secondary N) is 2. The first-order valence-corrected chi connectivity index (χ1v) is 11.0. The fourth-order valence-corrected chi connectivity index (χ4v) is 4.67. The molecule has 0 saturated carbocycles. The lowest BCUT2D eigenvalue weighted by molar-refractivity contribution is 0.0601. The van der Waals surface area contributed by atoms with Crippen LogP contribution in [0.4, 0.5) is 15.2 Å². The van der Waals surface area contributed by atoms with Crippen LogP contribution in [0.2, 0.25) is 5.02 Å². The van der Waals surface area contributed by atoms with Crippen molar-refractivity contribution in [2.45, 2.75) is 20.4 Å². The molecule has 3 aromatic rings. The van der Waals surface area contributed by atoms with E-state index in [2.05, 4.69) is 31.7 Å². The molecule has 158 valence electrons. The number of aryl methyl sites for hydroxylation is 1. The quantitative estimate of drug-likeness (QED) is 0.322. The zero-order chi connectivity index (χ0) is 22.0. The highest BCUT2D eigenvalue weighted by atomic mass is 79.9. The lowest BCUT2D eigenvalue weighted by atomic mass is 10.1. The summed E-state index contributed by atoms with van der Waals surface area (Å²) in [4.78, 5) is 13.1. The van der Waals surface area contributed by atoms with Gasteiger partial charge in [-0.25, -0.2) is 9.18 Å². The van der Waals surface area contributed by atoms with E-state index in [0.717, 1.165) is 10.4 Å². The number of methoxy groups -OCH3 is 1. The third-order valence-electron chi connectivity index (χ3n) is 4.33. The molecule has 0 unspecified atom stereocenters. The fourth-order valence-electron chi connectivity index (χ4n) is 2.71. The van der Waals surface area contributed by atoms with E-state index in [4.69, 9.17) is 28.6 Å². The molecule has 0 saturated heterocycles. The maximum atomic E-state index is 14.0. The second-order valence-corrected chi connectivity index (χ2v) is 9.18. The number of halogens is 3. The van der Waals surface area contributed by atoms with Crippen LogP contribution < -0.4 is 10.6 Å². The number of rotatable bonds is 5. The molecule has 2 aromatic heterocycles. The van der Waals surface area contributed by atoms with Crippen LogP contribution in [0.15, 0.2) is 28.9 Å². The molecule has 0 atom stereocenters. The topological polar surface area (TPSA) is 68.2 Å². The van der Waals surface area contributed by atoms with Crippen LogP contribution in [0.1, 0.15) is 26.4 Å². The Kier molecular flexibility index (Phi) is 7.12. The molecule has 0 radical (unpaired) electrons. The van der Waals surface area contributed by atoms with Crippen LogP contribution >= 0.6 is 51.1 Å². The Bertz CT molecular complexity index is 1110. The number of nitrogens with zero attached hydrogens (tertiary/aromatic N) is 2. The molecule has 3 rings (SSSR count). The molecule has 6 nitrogen and oxygen atoms in total. The number of carbonyl (C=O) groups is 1. The predicted molar refractivity (Wildman–Crippen MR) is 125 cm³/mol. The van der Waals surface area contributed by atoms with Crippen molar-refractivity contribution in [3.05, 3.63) is 61.3 Å². The Labute approximate surface area is 195 Å². The van der Waals surface area contributed by atoms with Gasteiger partial charge in [0.15, 0.2) is 10.9 Å². The van der Waals surface area contributed by atoms with Gasteiger partial charge in [0.05, 0.1) is 23.7 Å². The van der Waals surface area contributed by atoms with E-state index < -0.39 is 11.8 Å². The van der Waals surface area contributed by atoms with Crippen molar-refractivity contribution >= 4 is 73.0 Å². The lowest BCUT2D eigenvalue weighted by Gasteiger charge is -2.09. The fraction of sp³-hybridized carbons (Fsp3) is 0.211. The Morgan fingerprint density at radius 3 is 2.80 bits per heavy atom. The van der Waals surface area contributed by atoms with E-state index in [1.165, 1.54) is 24.5 Å². The molecule has 1 aromatic carbocycles. The smallest absolute Gasteiger partial charge is 0.341 e. The molecule has 0 aliphatic carbocycles. The predicted octanol–water partition coefficient (Wildman–Crippen LogP) is 5.76. The molecule has 0 spiro atoms. The highest BCUT2D eigenvalue weighted by Crippen LogP contribution is 2.33. The van der Waals surface area contributed by atoms with Gasteiger partial charge in [-0.15, -0.1) is 11.3 Å². The van der Waals surface area contributed by atoms with Gasteiger partial charge in [-0.2, -0.15) is 5.10 Å². The molecule has 0 fully saturated rings. The maximum Gasteiger partial charge on any atom is 0.341 e. The second kappa shape index (κ2) is 9.42. The minimum atomic E-state index is -0.436. The first-order chi connectivity index (χ1) is 14.2. The molecule has 2 heterocycles. The summed E-state index contributed by atoms with van der Waals surface area (Å²) in [5, 5.41) is 11.5. The molecule has 0 bridgehead atoms. The van der Waals surface area contributed by atoms with E-state index >= 15 is 0 Å². The number of ether oxygens (including phenoxy) is 1. The third-order valence-corrected chi connectivity index (χ3v) is 6.59. The van der Waals surface area contributed by atoms with Crippen molar-refractivity contribution in [3.8, 4) is 0 Å². The van der Waals surface area contributed by atoms with Gasteiger partial charge in [0.2, 0.25) is 0 Å². The Morgan fingerprint density at radius 2 is 2.13 bits per heavy atom. The molecule has 30 heavy (non-hydrogen) atoms. The summed E-state index contributed by atoms with van der Waals surface area (Å²) in [5.41, 5.74) is 1.63. The van der Waals surface area contributed by atoms with Gasteiger partial charge in [-0.05, 0) is 59.7 Å². The van der Waals surface area contributed by atoms with Crippen molar-refractivity contribution in [2.75, 3.05) is 17.7 Å². The van der Waals surface area contributed by atoms with Crippen LogP contribution in [0.3, 0.4) is 0 Å². The minimum absolute atomic E-state index is 0.155. The van der Waals surface area contributed by atoms with Crippen molar-refractivity contribution in [2.24, 2.45) is 0 Å². The summed E-state index contributed by atoms with van der Waals surface area (Å²) >= 11 is 16.3. The van der Waals surface area contributed by atoms with E-state index in [1.807, 2.05) is 13.8 Å². The number of carbonyl (C=O) groups excluding carboxylic acids is 1. The lowest BCUT2D eigenvalue weighted by Crippen LogP contribution is -2.20. The third kappa shape index (κ3) is 4.83. The van der Waals surface area contributed by atoms with Gasteiger partial charge in [0, 0.05) is 21.7 Å². The van der Waals surface area contributed by atoms with Gasteiger partial charge < -0.3 is 15.4 Å².